The third-order valence-electron chi connectivity index (χ3n) is 2.84. The highest BCUT2D eigenvalue weighted by Gasteiger charge is 2.42. The Kier molecular flexibility index (Phi) is 3.09. The van der Waals surface area contributed by atoms with E-state index < -0.39 is 5.60 Å². The van der Waals surface area contributed by atoms with Gasteiger partial charge in [-0.25, -0.2) is 0 Å². The molecule has 1 saturated carbocycles. The minimum Gasteiger partial charge on any atom is -0.389 e. The number of aromatic nitrogens is 1. The Morgan fingerprint density at radius 1 is 1.60 bits per heavy atom. The van der Waals surface area contributed by atoms with E-state index >= 15 is 0 Å². The number of hydrogen-bond donors (Lipinski definition) is 1. The molecule has 3 nitrogen and oxygen atoms in total. The van der Waals surface area contributed by atoms with E-state index in [4.69, 9.17) is 4.74 Å². The van der Waals surface area contributed by atoms with Crippen LogP contribution in [0.5, 0.6) is 0 Å². The first-order chi connectivity index (χ1) is 7.11. The van der Waals surface area contributed by atoms with Gasteiger partial charge in [-0.2, -0.15) is 0 Å². The van der Waals surface area contributed by atoms with Crippen molar-refractivity contribution in [1.82, 2.24) is 4.98 Å². The molecule has 1 N–H and O–H groups in total. The van der Waals surface area contributed by atoms with E-state index in [0.29, 0.717) is 6.42 Å². The predicted molar refractivity (Wildman–Crippen MR) is 60.6 cm³/mol. The maximum atomic E-state index is 10.1. The zero-order valence-corrected chi connectivity index (χ0v) is 10.2. The first-order valence-electron chi connectivity index (χ1n) is 4.96. The van der Waals surface area contributed by atoms with Crippen LogP contribution >= 0.6 is 15.9 Å². The highest BCUT2D eigenvalue weighted by atomic mass is 79.9. The van der Waals surface area contributed by atoms with E-state index in [0.717, 1.165) is 22.9 Å². The quantitative estimate of drug-likeness (QED) is 0.914. The second-order valence-corrected chi connectivity index (χ2v) is 5.09. The van der Waals surface area contributed by atoms with Gasteiger partial charge < -0.3 is 9.84 Å². The Morgan fingerprint density at radius 2 is 2.33 bits per heavy atom. The number of aliphatic hydroxyl groups is 1. The van der Waals surface area contributed by atoms with Gasteiger partial charge in [-0.15, -0.1) is 0 Å². The van der Waals surface area contributed by atoms with Crippen LogP contribution in [0.1, 0.15) is 18.4 Å². The summed E-state index contributed by atoms with van der Waals surface area (Å²) >= 11 is 3.37. The molecule has 1 aromatic rings. The third-order valence-corrected chi connectivity index (χ3v) is 3.28. The van der Waals surface area contributed by atoms with E-state index in [-0.39, 0.29) is 6.10 Å². The first kappa shape index (κ1) is 11.0. The molecule has 1 fully saturated rings. The molecule has 1 aliphatic rings. The smallest absolute Gasteiger partial charge is 0.0737 e. The molecule has 0 aliphatic heterocycles. The standard InChI is InChI=1S/C11H14BrNO2/c1-15-10-4-11(14,5-10)3-8-2-9(12)7-13-6-8/h2,6-7,10,14H,3-5H2,1H3. The molecule has 1 heterocycles. The third kappa shape index (κ3) is 2.56. The van der Waals surface area contributed by atoms with E-state index in [1.54, 1.807) is 19.5 Å². The van der Waals surface area contributed by atoms with Gasteiger partial charge in [0.15, 0.2) is 0 Å². The lowest BCUT2D eigenvalue weighted by molar-refractivity contribution is -0.126. The van der Waals surface area contributed by atoms with Crippen molar-refractivity contribution < 1.29 is 9.84 Å². The Balaban J connectivity index is 1.98. The molecule has 1 aliphatic carbocycles. The van der Waals surface area contributed by atoms with Gasteiger partial charge >= 0.3 is 0 Å². The molecule has 15 heavy (non-hydrogen) atoms. The molecule has 0 saturated heterocycles. The van der Waals surface area contributed by atoms with Crippen molar-refractivity contribution in [2.45, 2.75) is 31.0 Å². The zero-order valence-electron chi connectivity index (χ0n) is 8.61. The van der Waals surface area contributed by atoms with E-state index in [1.807, 2.05) is 6.07 Å². The fraction of sp³-hybridized carbons (Fsp3) is 0.545. The van der Waals surface area contributed by atoms with E-state index in [1.165, 1.54) is 0 Å². The molecular formula is C11H14BrNO2. The average molecular weight is 272 g/mol. The maximum absolute atomic E-state index is 10.1. The van der Waals surface area contributed by atoms with Crippen molar-refractivity contribution in [3.63, 3.8) is 0 Å². The topological polar surface area (TPSA) is 42.4 Å². The molecule has 0 amide bonds. The summed E-state index contributed by atoms with van der Waals surface area (Å²) in [6.07, 6.45) is 5.84. The van der Waals surface area contributed by atoms with Crippen molar-refractivity contribution >= 4 is 15.9 Å². The van der Waals surface area contributed by atoms with Gasteiger partial charge in [-0.05, 0) is 27.6 Å². The lowest BCUT2D eigenvalue weighted by Crippen LogP contribution is -2.49. The van der Waals surface area contributed by atoms with Crippen LogP contribution in [-0.4, -0.2) is 28.9 Å². The number of methoxy groups -OCH3 is 1. The normalized spacial score (nSPS) is 29.9. The molecule has 2 rings (SSSR count). The van der Waals surface area contributed by atoms with Crippen LogP contribution in [-0.2, 0) is 11.2 Å². The van der Waals surface area contributed by atoms with Crippen LogP contribution in [0, 0.1) is 0 Å². The second-order valence-electron chi connectivity index (χ2n) is 4.18. The van der Waals surface area contributed by atoms with Crippen molar-refractivity contribution in [3.05, 3.63) is 28.5 Å². The van der Waals surface area contributed by atoms with Crippen molar-refractivity contribution in [2.75, 3.05) is 7.11 Å². The maximum Gasteiger partial charge on any atom is 0.0737 e. The average Bonchev–Trinajstić information content (AvgIpc) is 2.13. The van der Waals surface area contributed by atoms with Crippen LogP contribution in [0.25, 0.3) is 0 Å². The van der Waals surface area contributed by atoms with Gasteiger partial charge in [-0.1, -0.05) is 0 Å². The molecule has 0 atom stereocenters. The molecular weight excluding hydrogens is 258 g/mol. The highest BCUT2D eigenvalue weighted by molar-refractivity contribution is 9.10. The largest absolute Gasteiger partial charge is 0.389 e. The molecule has 0 aromatic carbocycles. The number of rotatable bonds is 3. The number of pyridine rings is 1. The predicted octanol–water partition coefficient (Wildman–Crippen LogP) is 1.93. The number of ether oxygens (including phenoxy) is 1. The fourth-order valence-electron chi connectivity index (χ4n) is 2.03. The first-order valence-corrected chi connectivity index (χ1v) is 5.75. The highest BCUT2D eigenvalue weighted by Crippen LogP contribution is 2.36. The van der Waals surface area contributed by atoms with Crippen LogP contribution < -0.4 is 0 Å². The summed E-state index contributed by atoms with van der Waals surface area (Å²) in [5.41, 5.74) is 0.463. The van der Waals surface area contributed by atoms with Crippen molar-refractivity contribution in [3.8, 4) is 0 Å². The van der Waals surface area contributed by atoms with Crippen molar-refractivity contribution in [2.24, 2.45) is 0 Å². The fourth-order valence-corrected chi connectivity index (χ4v) is 2.44. The number of halogens is 1. The molecule has 0 radical (unpaired) electrons. The monoisotopic (exact) mass is 271 g/mol. The Morgan fingerprint density at radius 3 is 2.93 bits per heavy atom. The van der Waals surface area contributed by atoms with E-state index in [2.05, 4.69) is 20.9 Å². The van der Waals surface area contributed by atoms with Gasteiger partial charge in [0.1, 0.15) is 0 Å². The summed E-state index contributed by atoms with van der Waals surface area (Å²) in [7, 11) is 1.69. The zero-order chi connectivity index (χ0) is 10.9. The van der Waals surface area contributed by atoms with Crippen LogP contribution in [0.4, 0.5) is 0 Å². The Labute approximate surface area is 97.6 Å². The second kappa shape index (κ2) is 4.20. The number of nitrogens with zero attached hydrogens (tertiary/aromatic N) is 1. The molecule has 0 bridgehead atoms. The van der Waals surface area contributed by atoms with Gasteiger partial charge in [0.25, 0.3) is 0 Å². The summed E-state index contributed by atoms with van der Waals surface area (Å²) in [5.74, 6) is 0. The van der Waals surface area contributed by atoms with Gasteiger partial charge in [0, 0.05) is 43.2 Å². The summed E-state index contributed by atoms with van der Waals surface area (Å²) in [4.78, 5) is 4.08. The summed E-state index contributed by atoms with van der Waals surface area (Å²) in [6, 6.07) is 1.99. The van der Waals surface area contributed by atoms with Crippen LogP contribution in [0.15, 0.2) is 22.9 Å². The van der Waals surface area contributed by atoms with Crippen molar-refractivity contribution in [1.29, 1.82) is 0 Å². The SMILES string of the molecule is COC1CC(O)(Cc2cncc(Br)c2)C1. The molecule has 0 unspecified atom stereocenters. The Hall–Kier alpha value is -0.450. The van der Waals surface area contributed by atoms with Gasteiger partial charge in [0.2, 0.25) is 0 Å². The Bertz CT molecular complexity index is 350. The van der Waals surface area contributed by atoms with Gasteiger partial charge in [-0.3, -0.25) is 4.98 Å². The summed E-state index contributed by atoms with van der Waals surface area (Å²) < 4.78 is 6.11. The molecule has 0 spiro atoms. The minimum absolute atomic E-state index is 0.218. The lowest BCUT2D eigenvalue weighted by atomic mass is 9.74. The molecule has 1 aromatic heterocycles. The number of hydrogen-bond acceptors (Lipinski definition) is 3. The van der Waals surface area contributed by atoms with E-state index in [9.17, 15) is 5.11 Å². The van der Waals surface area contributed by atoms with Crippen LogP contribution in [0.3, 0.4) is 0 Å². The van der Waals surface area contributed by atoms with Crippen LogP contribution in [0.2, 0.25) is 0 Å². The summed E-state index contributed by atoms with van der Waals surface area (Å²) in [5, 5.41) is 10.1. The molecule has 82 valence electrons. The summed E-state index contributed by atoms with van der Waals surface area (Å²) in [6.45, 7) is 0. The minimum atomic E-state index is -0.594. The van der Waals surface area contributed by atoms with Gasteiger partial charge in [0.05, 0.1) is 11.7 Å². The molecule has 4 heteroatoms. The lowest BCUT2D eigenvalue weighted by Gasteiger charge is -2.42.